The van der Waals surface area contributed by atoms with E-state index in [4.69, 9.17) is 20.2 Å². The van der Waals surface area contributed by atoms with Crippen molar-refractivity contribution in [3.8, 4) is 0 Å². The molecule has 21 heteroatoms. The molecule has 1 unspecified atom stereocenters. The number of nitrogens with one attached hydrogen (secondary N) is 6. The summed E-state index contributed by atoms with van der Waals surface area (Å²) in [7, 11) is -4.68. The summed E-state index contributed by atoms with van der Waals surface area (Å²) in [6, 6.07) is 18.2. The van der Waals surface area contributed by atoms with E-state index >= 15 is 0 Å². The summed E-state index contributed by atoms with van der Waals surface area (Å²) in [6.07, 6.45) is 1.84. The first kappa shape index (κ1) is 57.2. The van der Waals surface area contributed by atoms with Crippen LogP contribution in [0.4, 0.5) is 0 Å². The number of aryl methyl sites for hydroxylation is 1. The number of nitrogens with two attached hydrogens (primary N) is 1. The first-order chi connectivity index (χ1) is 33.7. The van der Waals surface area contributed by atoms with Crippen LogP contribution in [0.1, 0.15) is 75.4 Å². The molecule has 386 valence electrons. The van der Waals surface area contributed by atoms with Crippen LogP contribution in [0.15, 0.2) is 107 Å². The zero-order valence-electron chi connectivity index (χ0n) is 41.0. The molecule has 0 bridgehead atoms. The van der Waals surface area contributed by atoms with Crippen LogP contribution in [0, 0.1) is 17.4 Å². The summed E-state index contributed by atoms with van der Waals surface area (Å²) in [5, 5.41) is 28.4. The van der Waals surface area contributed by atoms with Gasteiger partial charge >= 0.3 is 0 Å². The molecule has 5 atom stereocenters. The SMILES string of the molecule is CC(C)C[C@H](NC(=O)[C@H](CCc1ccccc1)NC(=O)CN1CCOCC1)C(=O)N[C@@H](Cc1ccccc1)C(=O)N[C@@H](CC(C)C)C(=O)C(C)(O)COS(=O)(=O)c1cccc(C(=O)NC/C(=C/N)N=N)c1. The van der Waals surface area contributed by atoms with E-state index in [9.17, 15) is 42.3 Å². The number of carbonyl (C=O) groups is 6. The van der Waals surface area contributed by atoms with E-state index in [2.05, 4.69) is 31.7 Å². The molecule has 1 aliphatic heterocycles. The maximum Gasteiger partial charge on any atom is 0.297 e. The second-order valence-corrected chi connectivity index (χ2v) is 20.1. The fourth-order valence-electron chi connectivity index (χ4n) is 7.62. The van der Waals surface area contributed by atoms with Crippen LogP contribution >= 0.6 is 0 Å². The summed E-state index contributed by atoms with van der Waals surface area (Å²) in [6.45, 7) is 9.25. The molecule has 1 aliphatic rings. The molecule has 0 spiro atoms. The van der Waals surface area contributed by atoms with Gasteiger partial charge in [-0.25, -0.2) is 5.53 Å². The lowest BCUT2D eigenvalue weighted by Crippen LogP contribution is -2.60. The van der Waals surface area contributed by atoms with Gasteiger partial charge in [-0.2, -0.15) is 13.5 Å². The van der Waals surface area contributed by atoms with Crippen LogP contribution in [0.5, 0.6) is 0 Å². The Morgan fingerprint density at radius 3 is 1.97 bits per heavy atom. The second kappa shape index (κ2) is 27.9. The maximum absolute atomic E-state index is 14.4. The third-order valence-electron chi connectivity index (χ3n) is 11.5. The number of morpholine rings is 1. The lowest BCUT2D eigenvalue weighted by Gasteiger charge is -2.30. The fourth-order valence-corrected chi connectivity index (χ4v) is 8.65. The predicted molar refractivity (Wildman–Crippen MR) is 264 cm³/mol. The summed E-state index contributed by atoms with van der Waals surface area (Å²) < 4.78 is 37.3. The number of ketones is 1. The van der Waals surface area contributed by atoms with Gasteiger partial charge in [-0.1, -0.05) is 94.4 Å². The lowest BCUT2D eigenvalue weighted by molar-refractivity contribution is -0.143. The summed E-state index contributed by atoms with van der Waals surface area (Å²) in [5.74, 6) is -4.45. The molecule has 1 heterocycles. The van der Waals surface area contributed by atoms with Crippen molar-refractivity contribution in [2.24, 2.45) is 22.7 Å². The standard InChI is InChI=1S/C50H69N9O11S/c1-33(2)25-41(45(61)50(5,66)32-70-71(67,68)39-18-12-17-37(28-39)46(62)53-30-38(29-51)58-52)55-49(65)43(27-36-15-10-7-11-16-36)57-48(64)42(26-34(3)4)56-47(63)40(20-19-35-13-8-6-9-14-35)54-44(60)31-59-21-23-69-24-22-59/h6-18,28-29,33-34,40-43,52,66H,19-27,30-32,51H2,1-5H3,(H,53,62)(H,54,60)(H,55,65)(H,56,63)(H,57,64)/b38-29-,58-52?/t40-,41-,42-,43-,50?/m0/s1. The Morgan fingerprint density at radius 2 is 1.37 bits per heavy atom. The van der Waals surface area contributed by atoms with Crippen molar-refractivity contribution in [3.63, 3.8) is 0 Å². The molecule has 0 aromatic heterocycles. The number of nitrogens with zero attached hydrogens (tertiary/aromatic N) is 2. The number of Topliss-reactive ketones (excluding diaryl/α,β-unsaturated/α-hetero) is 1. The van der Waals surface area contributed by atoms with Gasteiger partial charge in [0, 0.05) is 31.3 Å². The number of rotatable bonds is 28. The Morgan fingerprint density at radius 1 is 0.803 bits per heavy atom. The Hall–Kier alpha value is -6.39. The van der Waals surface area contributed by atoms with E-state index in [0.717, 1.165) is 30.8 Å². The number of hydrogen-bond acceptors (Lipinski definition) is 15. The average Bonchev–Trinajstić information content (AvgIpc) is 3.34. The van der Waals surface area contributed by atoms with Gasteiger partial charge in [0.05, 0.1) is 42.9 Å². The topological polar surface area (TPSA) is 301 Å². The van der Waals surface area contributed by atoms with Gasteiger partial charge in [-0.3, -0.25) is 37.9 Å². The van der Waals surface area contributed by atoms with Gasteiger partial charge in [0.25, 0.3) is 16.0 Å². The molecular formula is C50H69N9O11S. The number of ether oxygens (including phenoxy) is 1. The second-order valence-electron chi connectivity index (χ2n) is 18.5. The summed E-state index contributed by atoms with van der Waals surface area (Å²) in [4.78, 5) is 84.6. The highest BCUT2D eigenvalue weighted by Crippen LogP contribution is 2.21. The Kier molecular flexibility index (Phi) is 22.4. The van der Waals surface area contributed by atoms with Crippen LogP contribution in [-0.4, -0.2) is 130 Å². The van der Waals surface area contributed by atoms with Crippen LogP contribution in [0.25, 0.3) is 0 Å². The van der Waals surface area contributed by atoms with E-state index in [-0.39, 0.29) is 67.8 Å². The number of carbonyl (C=O) groups excluding carboxylic acids is 6. The monoisotopic (exact) mass is 1000 g/mol. The smallest absolute Gasteiger partial charge is 0.297 e. The third kappa shape index (κ3) is 19.0. The molecule has 1 fully saturated rings. The Bertz CT molecular complexity index is 2410. The van der Waals surface area contributed by atoms with Crippen molar-refractivity contribution >= 4 is 45.4 Å². The van der Waals surface area contributed by atoms with Crippen molar-refractivity contribution in [2.75, 3.05) is 46.0 Å². The van der Waals surface area contributed by atoms with Gasteiger partial charge in [0.2, 0.25) is 23.6 Å². The minimum absolute atomic E-state index is 0.00114. The first-order valence-electron chi connectivity index (χ1n) is 23.6. The third-order valence-corrected chi connectivity index (χ3v) is 12.7. The molecule has 20 nitrogen and oxygen atoms in total. The van der Waals surface area contributed by atoms with Crippen molar-refractivity contribution in [2.45, 2.75) is 101 Å². The number of hydrogen-bond donors (Lipinski definition) is 8. The number of aliphatic hydroxyl groups is 1. The lowest BCUT2D eigenvalue weighted by atomic mass is 9.90. The maximum atomic E-state index is 14.4. The van der Waals surface area contributed by atoms with E-state index < -0.39 is 80.8 Å². The summed E-state index contributed by atoms with van der Waals surface area (Å²) in [5.41, 5.74) is 11.5. The molecule has 3 aromatic rings. The molecule has 0 aliphatic carbocycles. The molecule has 4 rings (SSSR count). The highest BCUT2D eigenvalue weighted by Gasteiger charge is 2.40. The molecule has 9 N–H and O–H groups in total. The normalized spacial score (nSPS) is 15.9. The Balaban J connectivity index is 1.53. The van der Waals surface area contributed by atoms with Crippen molar-refractivity contribution < 1.29 is 51.2 Å². The largest absolute Gasteiger partial charge is 0.403 e. The Labute approximate surface area is 415 Å². The fraction of sp³-hybridized carbons (Fsp3) is 0.480. The van der Waals surface area contributed by atoms with E-state index in [1.807, 2.05) is 49.1 Å². The molecular weight excluding hydrogens is 935 g/mol. The molecule has 0 radical (unpaired) electrons. The van der Waals surface area contributed by atoms with Crippen LogP contribution in [0.2, 0.25) is 0 Å². The molecule has 3 aromatic carbocycles. The first-order valence-corrected chi connectivity index (χ1v) is 25.0. The zero-order chi connectivity index (χ0) is 52.1. The van der Waals surface area contributed by atoms with Gasteiger partial charge < -0.3 is 42.2 Å². The van der Waals surface area contributed by atoms with Crippen molar-refractivity contribution in [1.82, 2.24) is 31.5 Å². The van der Waals surface area contributed by atoms with E-state index in [1.54, 1.807) is 44.2 Å². The zero-order valence-corrected chi connectivity index (χ0v) is 41.8. The van der Waals surface area contributed by atoms with Gasteiger partial charge in [0.15, 0.2) is 5.78 Å². The highest BCUT2D eigenvalue weighted by molar-refractivity contribution is 7.86. The molecule has 5 amide bonds. The minimum atomic E-state index is -4.68. The average molecular weight is 1000 g/mol. The highest BCUT2D eigenvalue weighted by atomic mass is 32.2. The van der Waals surface area contributed by atoms with Crippen LogP contribution in [-0.2, 0) is 55.9 Å². The minimum Gasteiger partial charge on any atom is -0.403 e. The van der Waals surface area contributed by atoms with E-state index in [1.165, 1.54) is 12.1 Å². The number of amides is 5. The summed E-state index contributed by atoms with van der Waals surface area (Å²) >= 11 is 0. The molecule has 0 saturated carbocycles. The number of benzene rings is 3. The van der Waals surface area contributed by atoms with Crippen LogP contribution < -0.4 is 32.3 Å². The van der Waals surface area contributed by atoms with E-state index in [0.29, 0.717) is 38.3 Å². The predicted octanol–water partition coefficient (Wildman–Crippen LogP) is 2.51. The van der Waals surface area contributed by atoms with Gasteiger partial charge in [-0.15, -0.1) is 0 Å². The van der Waals surface area contributed by atoms with Gasteiger partial charge in [-0.05, 0) is 73.8 Å². The van der Waals surface area contributed by atoms with Crippen molar-refractivity contribution in [3.05, 3.63) is 114 Å². The quantitative estimate of drug-likeness (QED) is 0.0384. The van der Waals surface area contributed by atoms with Crippen LogP contribution in [0.3, 0.4) is 0 Å². The van der Waals surface area contributed by atoms with Crippen molar-refractivity contribution in [1.29, 1.82) is 5.53 Å². The van der Waals surface area contributed by atoms with Gasteiger partial charge in [0.1, 0.15) is 30.3 Å². The molecule has 71 heavy (non-hydrogen) atoms. The molecule has 1 saturated heterocycles.